The molecule has 7 nitrogen and oxygen atoms in total. The molecular weight excluding hydrogens is 361 g/mol. The molecule has 0 unspecified atom stereocenters. The SMILES string of the molecule is CC(=O)NC1CN(C(=O)c2cnc(N)c3nc(-c4cccc(F)c4)ccc23)C1. The molecule has 0 atom stereocenters. The third kappa shape index (κ3) is 3.24. The molecule has 0 spiro atoms. The maximum absolute atomic E-state index is 13.5. The highest BCUT2D eigenvalue weighted by Crippen LogP contribution is 2.27. The zero-order valence-corrected chi connectivity index (χ0v) is 15.1. The molecule has 4 rings (SSSR count). The lowest BCUT2D eigenvalue weighted by Crippen LogP contribution is -2.60. The second-order valence-electron chi connectivity index (χ2n) is 6.77. The fraction of sp³-hybridized carbons (Fsp3) is 0.200. The topological polar surface area (TPSA) is 101 Å². The minimum absolute atomic E-state index is 0.0350. The lowest BCUT2D eigenvalue weighted by Gasteiger charge is -2.39. The summed E-state index contributed by atoms with van der Waals surface area (Å²) in [6.07, 6.45) is 1.44. The summed E-state index contributed by atoms with van der Waals surface area (Å²) >= 11 is 0. The minimum atomic E-state index is -0.360. The number of rotatable bonds is 3. The number of nitrogens with zero attached hydrogens (tertiary/aromatic N) is 3. The van der Waals surface area contributed by atoms with Gasteiger partial charge in [-0.1, -0.05) is 12.1 Å². The number of hydrogen-bond donors (Lipinski definition) is 2. The van der Waals surface area contributed by atoms with E-state index in [2.05, 4.69) is 15.3 Å². The number of aromatic nitrogens is 2. The first-order chi connectivity index (χ1) is 13.4. The minimum Gasteiger partial charge on any atom is -0.382 e. The predicted octanol–water partition coefficient (Wildman–Crippen LogP) is 1.98. The Morgan fingerprint density at radius 1 is 1.25 bits per heavy atom. The van der Waals surface area contributed by atoms with Crippen molar-refractivity contribution in [1.82, 2.24) is 20.2 Å². The van der Waals surface area contributed by atoms with Crippen molar-refractivity contribution in [2.45, 2.75) is 13.0 Å². The van der Waals surface area contributed by atoms with E-state index in [4.69, 9.17) is 5.73 Å². The van der Waals surface area contributed by atoms with Crippen molar-refractivity contribution in [2.75, 3.05) is 18.8 Å². The van der Waals surface area contributed by atoms with Crippen molar-refractivity contribution in [3.05, 3.63) is 54.0 Å². The number of likely N-dealkylation sites (tertiary alicyclic amines) is 1. The van der Waals surface area contributed by atoms with Gasteiger partial charge in [-0.2, -0.15) is 0 Å². The third-order valence-electron chi connectivity index (χ3n) is 4.69. The van der Waals surface area contributed by atoms with Gasteiger partial charge in [0.15, 0.2) is 0 Å². The molecule has 2 amide bonds. The Morgan fingerprint density at radius 3 is 2.75 bits per heavy atom. The number of fused-ring (bicyclic) bond motifs is 1. The quantitative estimate of drug-likeness (QED) is 0.725. The summed E-state index contributed by atoms with van der Waals surface area (Å²) in [6, 6.07) is 9.54. The van der Waals surface area contributed by atoms with Crippen LogP contribution in [0, 0.1) is 5.82 Å². The first-order valence-corrected chi connectivity index (χ1v) is 8.80. The molecule has 3 aromatic rings. The number of carbonyl (C=O) groups excluding carboxylic acids is 2. The summed E-state index contributed by atoms with van der Waals surface area (Å²) in [6.45, 7) is 2.34. The van der Waals surface area contributed by atoms with E-state index >= 15 is 0 Å². The van der Waals surface area contributed by atoms with Gasteiger partial charge in [-0.15, -0.1) is 0 Å². The number of benzene rings is 1. The maximum atomic E-state index is 13.5. The number of amides is 2. The van der Waals surface area contributed by atoms with Crippen molar-refractivity contribution < 1.29 is 14.0 Å². The molecule has 3 heterocycles. The summed E-state index contributed by atoms with van der Waals surface area (Å²) in [7, 11) is 0. The Hall–Kier alpha value is -3.55. The van der Waals surface area contributed by atoms with E-state index in [0.29, 0.717) is 40.8 Å². The van der Waals surface area contributed by atoms with Gasteiger partial charge in [-0.3, -0.25) is 9.59 Å². The van der Waals surface area contributed by atoms with Gasteiger partial charge in [0.1, 0.15) is 17.2 Å². The van der Waals surface area contributed by atoms with Crippen LogP contribution in [0.1, 0.15) is 17.3 Å². The van der Waals surface area contributed by atoms with E-state index in [1.54, 1.807) is 29.2 Å². The fourth-order valence-electron chi connectivity index (χ4n) is 3.31. The molecule has 1 fully saturated rings. The summed E-state index contributed by atoms with van der Waals surface area (Å²) in [4.78, 5) is 34.2. The van der Waals surface area contributed by atoms with Gasteiger partial charge in [-0.05, 0) is 24.3 Å². The van der Waals surface area contributed by atoms with E-state index in [1.165, 1.54) is 25.3 Å². The number of anilines is 1. The van der Waals surface area contributed by atoms with Crippen LogP contribution in [0.4, 0.5) is 10.2 Å². The van der Waals surface area contributed by atoms with Crippen molar-refractivity contribution in [1.29, 1.82) is 0 Å². The second-order valence-corrected chi connectivity index (χ2v) is 6.77. The first-order valence-electron chi connectivity index (χ1n) is 8.80. The van der Waals surface area contributed by atoms with Gasteiger partial charge in [0.2, 0.25) is 5.91 Å². The van der Waals surface area contributed by atoms with Crippen molar-refractivity contribution >= 4 is 28.5 Å². The summed E-state index contributed by atoms with van der Waals surface area (Å²) in [5.41, 5.74) is 7.92. The van der Waals surface area contributed by atoms with E-state index < -0.39 is 0 Å². The average Bonchev–Trinajstić information content (AvgIpc) is 2.64. The Balaban J connectivity index is 1.66. The van der Waals surface area contributed by atoms with Crippen molar-refractivity contribution in [2.24, 2.45) is 0 Å². The van der Waals surface area contributed by atoms with Crippen LogP contribution in [0.15, 0.2) is 42.6 Å². The molecule has 0 aliphatic carbocycles. The second kappa shape index (κ2) is 6.88. The molecule has 0 bridgehead atoms. The number of halogens is 1. The van der Waals surface area contributed by atoms with E-state index in [0.717, 1.165) is 0 Å². The largest absolute Gasteiger partial charge is 0.382 e. The summed E-state index contributed by atoms with van der Waals surface area (Å²) in [5.74, 6) is -0.476. The molecule has 3 N–H and O–H groups in total. The number of nitrogens with two attached hydrogens (primary N) is 1. The van der Waals surface area contributed by atoms with E-state index in [9.17, 15) is 14.0 Å². The highest BCUT2D eigenvalue weighted by molar-refractivity contribution is 6.08. The molecule has 0 saturated carbocycles. The lowest BCUT2D eigenvalue weighted by atomic mass is 10.0. The Labute approximate surface area is 160 Å². The molecule has 8 heteroatoms. The van der Waals surface area contributed by atoms with Crippen LogP contribution in [0.25, 0.3) is 22.2 Å². The summed E-state index contributed by atoms with van der Waals surface area (Å²) in [5, 5.41) is 3.36. The zero-order valence-electron chi connectivity index (χ0n) is 15.1. The average molecular weight is 379 g/mol. The highest BCUT2D eigenvalue weighted by atomic mass is 19.1. The molecule has 0 radical (unpaired) electrons. The number of pyridine rings is 2. The van der Waals surface area contributed by atoms with Gasteiger partial charge in [0.05, 0.1) is 17.3 Å². The van der Waals surface area contributed by atoms with Crippen LogP contribution in [-0.4, -0.2) is 45.8 Å². The highest BCUT2D eigenvalue weighted by Gasteiger charge is 2.32. The molecule has 1 aromatic carbocycles. The van der Waals surface area contributed by atoms with Crippen LogP contribution >= 0.6 is 0 Å². The predicted molar refractivity (Wildman–Crippen MR) is 103 cm³/mol. The fourth-order valence-corrected chi connectivity index (χ4v) is 3.31. The van der Waals surface area contributed by atoms with E-state index in [1.807, 2.05) is 0 Å². The Bertz CT molecular complexity index is 1100. The Kier molecular flexibility index (Phi) is 4.38. The standard InChI is InChI=1S/C20H18FN5O2/c1-11(27)24-14-9-26(10-14)20(28)16-8-23-19(22)18-15(16)5-6-17(25-18)12-3-2-4-13(21)7-12/h2-8,14H,9-10H2,1H3,(H2,22,23)(H,24,27). The first kappa shape index (κ1) is 17.8. The van der Waals surface area contributed by atoms with Crippen LogP contribution < -0.4 is 11.1 Å². The van der Waals surface area contributed by atoms with Gasteiger partial charge in [0, 0.05) is 37.2 Å². The lowest BCUT2D eigenvalue weighted by molar-refractivity contribution is -0.120. The van der Waals surface area contributed by atoms with Gasteiger partial charge in [-0.25, -0.2) is 14.4 Å². The molecule has 1 saturated heterocycles. The summed E-state index contributed by atoms with van der Waals surface area (Å²) < 4.78 is 13.5. The van der Waals surface area contributed by atoms with Gasteiger partial charge >= 0.3 is 0 Å². The number of nitrogens with one attached hydrogen (secondary N) is 1. The van der Waals surface area contributed by atoms with Crippen LogP contribution in [-0.2, 0) is 4.79 Å². The normalized spacial score (nSPS) is 14.0. The third-order valence-corrected chi connectivity index (χ3v) is 4.69. The smallest absolute Gasteiger partial charge is 0.256 e. The van der Waals surface area contributed by atoms with Crippen LogP contribution in [0.3, 0.4) is 0 Å². The molecule has 2 aromatic heterocycles. The van der Waals surface area contributed by atoms with Crippen molar-refractivity contribution in [3.8, 4) is 11.3 Å². The molecular formula is C20H18FN5O2. The monoisotopic (exact) mass is 379 g/mol. The van der Waals surface area contributed by atoms with Crippen LogP contribution in [0.2, 0.25) is 0 Å². The molecule has 28 heavy (non-hydrogen) atoms. The molecule has 1 aliphatic heterocycles. The molecule has 142 valence electrons. The van der Waals surface area contributed by atoms with Crippen molar-refractivity contribution in [3.63, 3.8) is 0 Å². The zero-order chi connectivity index (χ0) is 19.8. The van der Waals surface area contributed by atoms with Crippen LogP contribution in [0.5, 0.6) is 0 Å². The number of carbonyl (C=O) groups is 2. The van der Waals surface area contributed by atoms with Gasteiger partial charge < -0.3 is 16.0 Å². The van der Waals surface area contributed by atoms with E-state index in [-0.39, 0.29) is 29.5 Å². The number of nitrogen functional groups attached to an aromatic ring is 1. The maximum Gasteiger partial charge on any atom is 0.256 e. The molecule has 1 aliphatic rings. The Morgan fingerprint density at radius 2 is 2.04 bits per heavy atom. The van der Waals surface area contributed by atoms with Gasteiger partial charge in [0.25, 0.3) is 5.91 Å². The number of hydrogen-bond acceptors (Lipinski definition) is 5.